The second-order valence-electron chi connectivity index (χ2n) is 6.20. The van der Waals surface area contributed by atoms with Gasteiger partial charge in [0, 0.05) is 12.1 Å². The van der Waals surface area contributed by atoms with E-state index in [-0.39, 0.29) is 5.41 Å². The molecular weight excluding hydrogens is 246 g/mol. The van der Waals surface area contributed by atoms with Crippen LogP contribution in [0.15, 0.2) is 42.5 Å². The number of rotatable bonds is 3. The first kappa shape index (κ1) is 14.6. The molecule has 0 spiro atoms. The number of nitrogens with two attached hydrogens (primary N) is 1. The molecule has 0 saturated heterocycles. The Bertz CT molecular complexity index is 579. The van der Waals surface area contributed by atoms with E-state index in [2.05, 4.69) is 45.9 Å². The van der Waals surface area contributed by atoms with Crippen LogP contribution in [-0.4, -0.2) is 0 Å². The molecule has 2 N–H and O–H groups in total. The lowest BCUT2D eigenvalue weighted by Gasteiger charge is -2.23. The Morgan fingerprint density at radius 3 is 2.20 bits per heavy atom. The molecule has 0 aromatic heterocycles. The molecule has 0 unspecified atom stereocenters. The van der Waals surface area contributed by atoms with E-state index in [1.54, 1.807) is 0 Å². The van der Waals surface area contributed by atoms with E-state index in [0.717, 1.165) is 17.1 Å². The zero-order valence-electron chi connectivity index (χ0n) is 12.7. The number of aryl methyl sites for hydroxylation is 1. The van der Waals surface area contributed by atoms with Crippen LogP contribution in [0.5, 0.6) is 11.5 Å². The average molecular weight is 269 g/mol. The van der Waals surface area contributed by atoms with Crippen LogP contribution < -0.4 is 10.5 Å². The predicted octanol–water partition coefficient (Wildman–Crippen LogP) is 4.54. The van der Waals surface area contributed by atoms with Crippen LogP contribution in [0, 0.1) is 6.92 Å². The van der Waals surface area contributed by atoms with Crippen molar-refractivity contribution in [3.8, 4) is 11.5 Å². The third-order valence-corrected chi connectivity index (χ3v) is 3.33. The average Bonchev–Trinajstić information content (AvgIpc) is 2.38. The summed E-state index contributed by atoms with van der Waals surface area (Å²) >= 11 is 0. The molecule has 0 aliphatic rings. The Kier molecular flexibility index (Phi) is 4.15. The normalized spacial score (nSPS) is 11.4. The number of benzene rings is 2. The van der Waals surface area contributed by atoms with Crippen molar-refractivity contribution in [2.24, 2.45) is 5.73 Å². The standard InChI is InChI=1S/C18H23NO/c1-13-5-10-16(18(2,3)4)17(11-13)20-15-8-6-14(12-19)7-9-15/h5-11H,12,19H2,1-4H3. The van der Waals surface area contributed by atoms with Crippen molar-refractivity contribution in [1.82, 2.24) is 0 Å². The van der Waals surface area contributed by atoms with E-state index in [9.17, 15) is 0 Å². The van der Waals surface area contributed by atoms with Crippen molar-refractivity contribution in [3.05, 3.63) is 59.2 Å². The van der Waals surface area contributed by atoms with Crippen molar-refractivity contribution < 1.29 is 4.74 Å². The summed E-state index contributed by atoms with van der Waals surface area (Å²) in [5.74, 6) is 1.77. The van der Waals surface area contributed by atoms with E-state index in [0.29, 0.717) is 6.54 Å². The highest BCUT2D eigenvalue weighted by atomic mass is 16.5. The fourth-order valence-electron chi connectivity index (χ4n) is 2.15. The van der Waals surface area contributed by atoms with Crippen LogP contribution in [0.4, 0.5) is 0 Å². The van der Waals surface area contributed by atoms with E-state index in [4.69, 9.17) is 10.5 Å². The molecule has 0 aliphatic heterocycles. The maximum Gasteiger partial charge on any atom is 0.131 e. The van der Waals surface area contributed by atoms with Gasteiger partial charge in [0.15, 0.2) is 0 Å². The topological polar surface area (TPSA) is 35.2 Å². The molecule has 2 heteroatoms. The number of hydrogen-bond donors (Lipinski definition) is 1. The van der Waals surface area contributed by atoms with E-state index >= 15 is 0 Å². The van der Waals surface area contributed by atoms with E-state index in [1.165, 1.54) is 11.1 Å². The minimum absolute atomic E-state index is 0.0558. The first-order valence-corrected chi connectivity index (χ1v) is 6.98. The summed E-state index contributed by atoms with van der Waals surface area (Å²) in [6.45, 7) is 9.22. The molecule has 2 rings (SSSR count). The molecule has 0 radical (unpaired) electrons. The highest BCUT2D eigenvalue weighted by Crippen LogP contribution is 2.34. The molecule has 0 bridgehead atoms. The Hall–Kier alpha value is -1.80. The molecule has 106 valence electrons. The quantitative estimate of drug-likeness (QED) is 0.887. The zero-order chi connectivity index (χ0) is 14.8. The largest absolute Gasteiger partial charge is 0.457 e. The van der Waals surface area contributed by atoms with Crippen LogP contribution >= 0.6 is 0 Å². The molecular formula is C18H23NO. The summed E-state index contributed by atoms with van der Waals surface area (Å²) in [5, 5.41) is 0. The molecule has 2 aromatic rings. The molecule has 0 saturated carbocycles. The molecule has 0 aliphatic carbocycles. The van der Waals surface area contributed by atoms with Crippen LogP contribution in [0.2, 0.25) is 0 Å². The molecule has 2 aromatic carbocycles. The van der Waals surface area contributed by atoms with Crippen LogP contribution in [-0.2, 0) is 12.0 Å². The fraction of sp³-hybridized carbons (Fsp3) is 0.333. The second-order valence-corrected chi connectivity index (χ2v) is 6.20. The smallest absolute Gasteiger partial charge is 0.131 e. The van der Waals surface area contributed by atoms with Gasteiger partial charge in [-0.25, -0.2) is 0 Å². The van der Waals surface area contributed by atoms with E-state index in [1.807, 2.05) is 24.3 Å². The van der Waals surface area contributed by atoms with Gasteiger partial charge < -0.3 is 10.5 Å². The summed E-state index contributed by atoms with van der Waals surface area (Å²) in [5.41, 5.74) is 9.19. The lowest BCUT2D eigenvalue weighted by Crippen LogP contribution is -2.12. The van der Waals surface area contributed by atoms with Gasteiger partial charge >= 0.3 is 0 Å². The van der Waals surface area contributed by atoms with Gasteiger partial charge in [-0.2, -0.15) is 0 Å². The molecule has 0 amide bonds. The van der Waals surface area contributed by atoms with Gasteiger partial charge in [0.25, 0.3) is 0 Å². The van der Waals surface area contributed by atoms with Crippen LogP contribution in [0.1, 0.15) is 37.5 Å². The summed E-state index contributed by atoms with van der Waals surface area (Å²) < 4.78 is 6.08. The van der Waals surface area contributed by atoms with Gasteiger partial charge in [0.2, 0.25) is 0 Å². The number of ether oxygens (including phenoxy) is 1. The van der Waals surface area contributed by atoms with Crippen molar-refractivity contribution in [2.45, 2.75) is 39.7 Å². The molecule has 0 atom stereocenters. The highest BCUT2D eigenvalue weighted by molar-refractivity contribution is 5.44. The monoisotopic (exact) mass is 269 g/mol. The first-order chi connectivity index (χ1) is 9.40. The molecule has 20 heavy (non-hydrogen) atoms. The summed E-state index contributed by atoms with van der Waals surface area (Å²) in [4.78, 5) is 0. The minimum atomic E-state index is 0.0558. The van der Waals surface area contributed by atoms with Crippen molar-refractivity contribution in [2.75, 3.05) is 0 Å². The van der Waals surface area contributed by atoms with Crippen LogP contribution in [0.25, 0.3) is 0 Å². The first-order valence-electron chi connectivity index (χ1n) is 6.98. The summed E-state index contributed by atoms with van der Waals surface area (Å²) in [6, 6.07) is 14.3. The third-order valence-electron chi connectivity index (χ3n) is 3.33. The van der Waals surface area contributed by atoms with Crippen molar-refractivity contribution in [1.29, 1.82) is 0 Å². The summed E-state index contributed by atoms with van der Waals surface area (Å²) in [7, 11) is 0. The maximum absolute atomic E-state index is 6.08. The zero-order valence-corrected chi connectivity index (χ0v) is 12.7. The minimum Gasteiger partial charge on any atom is -0.457 e. The Labute approximate surface area is 121 Å². The Morgan fingerprint density at radius 2 is 1.65 bits per heavy atom. The van der Waals surface area contributed by atoms with E-state index < -0.39 is 0 Å². The molecule has 0 fully saturated rings. The lowest BCUT2D eigenvalue weighted by molar-refractivity contribution is 0.455. The summed E-state index contributed by atoms with van der Waals surface area (Å²) in [6.07, 6.45) is 0. The van der Waals surface area contributed by atoms with Gasteiger partial charge in [-0.1, -0.05) is 45.0 Å². The van der Waals surface area contributed by atoms with Gasteiger partial charge in [-0.05, 0) is 41.7 Å². The van der Waals surface area contributed by atoms with Crippen molar-refractivity contribution in [3.63, 3.8) is 0 Å². The van der Waals surface area contributed by atoms with Gasteiger partial charge in [0.1, 0.15) is 11.5 Å². The Balaban J connectivity index is 2.34. The molecule has 0 heterocycles. The van der Waals surface area contributed by atoms with Crippen LogP contribution in [0.3, 0.4) is 0 Å². The maximum atomic E-state index is 6.08. The van der Waals surface area contributed by atoms with Gasteiger partial charge in [0.05, 0.1) is 0 Å². The lowest BCUT2D eigenvalue weighted by atomic mass is 9.86. The Morgan fingerprint density at radius 1 is 1.00 bits per heavy atom. The molecule has 2 nitrogen and oxygen atoms in total. The van der Waals surface area contributed by atoms with Gasteiger partial charge in [-0.15, -0.1) is 0 Å². The van der Waals surface area contributed by atoms with Gasteiger partial charge in [-0.3, -0.25) is 0 Å². The predicted molar refractivity (Wildman–Crippen MR) is 84.3 cm³/mol. The van der Waals surface area contributed by atoms with Crippen molar-refractivity contribution >= 4 is 0 Å². The number of hydrogen-bond acceptors (Lipinski definition) is 2. The highest BCUT2D eigenvalue weighted by Gasteiger charge is 2.19. The SMILES string of the molecule is Cc1ccc(C(C)(C)C)c(Oc2ccc(CN)cc2)c1. The third kappa shape index (κ3) is 3.40. The second kappa shape index (κ2) is 5.68. The fourth-order valence-corrected chi connectivity index (χ4v) is 2.15.